The van der Waals surface area contributed by atoms with Gasteiger partial charge in [0.15, 0.2) is 0 Å². The van der Waals surface area contributed by atoms with Crippen LogP contribution in [0.25, 0.3) is 0 Å². The molecule has 1 saturated carbocycles. The molecule has 1 aromatic rings. The van der Waals surface area contributed by atoms with Gasteiger partial charge in [0.2, 0.25) is 0 Å². The predicted molar refractivity (Wildman–Crippen MR) is 71.8 cm³/mol. The first-order chi connectivity index (χ1) is 8.27. The summed E-state index contributed by atoms with van der Waals surface area (Å²) in [6, 6.07) is 10.3. The summed E-state index contributed by atoms with van der Waals surface area (Å²) in [6.07, 6.45) is 8.13. The third kappa shape index (κ3) is 2.71. The summed E-state index contributed by atoms with van der Waals surface area (Å²) in [4.78, 5) is 0. The summed E-state index contributed by atoms with van der Waals surface area (Å²) >= 11 is 0. The van der Waals surface area contributed by atoms with Crippen LogP contribution in [0.1, 0.15) is 57.4 Å². The molecule has 1 aromatic carbocycles. The van der Waals surface area contributed by atoms with E-state index in [0.29, 0.717) is 5.92 Å². The lowest BCUT2D eigenvalue weighted by molar-refractivity contribution is -0.0317. The third-order valence-electron chi connectivity index (χ3n) is 4.22. The Kier molecular flexibility index (Phi) is 4.22. The molecule has 1 aliphatic rings. The van der Waals surface area contributed by atoms with Crippen LogP contribution in [0.15, 0.2) is 30.3 Å². The van der Waals surface area contributed by atoms with Crippen LogP contribution in [0.5, 0.6) is 0 Å². The summed E-state index contributed by atoms with van der Waals surface area (Å²) in [7, 11) is 0. The van der Waals surface area contributed by atoms with Crippen LogP contribution in [-0.2, 0) is 5.60 Å². The Morgan fingerprint density at radius 2 is 1.82 bits per heavy atom. The molecule has 0 bridgehead atoms. The van der Waals surface area contributed by atoms with Crippen molar-refractivity contribution < 1.29 is 5.11 Å². The van der Waals surface area contributed by atoms with Gasteiger partial charge in [0.1, 0.15) is 0 Å². The highest BCUT2D eigenvalue weighted by Gasteiger charge is 2.38. The fraction of sp³-hybridized carbons (Fsp3) is 0.625. The fourth-order valence-electron chi connectivity index (χ4n) is 3.16. The summed E-state index contributed by atoms with van der Waals surface area (Å²) in [5.41, 5.74) is 0.550. The Bertz CT molecular complexity index is 327. The van der Waals surface area contributed by atoms with Crippen molar-refractivity contribution >= 4 is 0 Å². The molecule has 1 atom stereocenters. The first-order valence-electron chi connectivity index (χ1n) is 7.05. The van der Waals surface area contributed by atoms with Gasteiger partial charge in [-0.15, -0.1) is 0 Å². The van der Waals surface area contributed by atoms with E-state index in [1.54, 1.807) is 0 Å². The number of aliphatic hydroxyl groups is 1. The van der Waals surface area contributed by atoms with Gasteiger partial charge in [0, 0.05) is 0 Å². The SMILES string of the molecule is CCCCC(O)(c1ccccc1)C1CCCC1. The molecule has 1 N–H and O–H groups in total. The van der Waals surface area contributed by atoms with Crippen molar-refractivity contribution in [2.45, 2.75) is 57.5 Å². The highest BCUT2D eigenvalue weighted by atomic mass is 16.3. The van der Waals surface area contributed by atoms with Crippen molar-refractivity contribution in [1.82, 2.24) is 0 Å². The van der Waals surface area contributed by atoms with Gasteiger partial charge in [0.25, 0.3) is 0 Å². The lowest BCUT2D eigenvalue weighted by Gasteiger charge is -2.35. The largest absolute Gasteiger partial charge is 0.385 e. The second kappa shape index (κ2) is 5.68. The van der Waals surface area contributed by atoms with Gasteiger partial charge < -0.3 is 5.11 Å². The van der Waals surface area contributed by atoms with Gasteiger partial charge in [-0.05, 0) is 30.7 Å². The Morgan fingerprint density at radius 1 is 1.18 bits per heavy atom. The molecule has 1 nitrogen and oxygen atoms in total. The molecule has 1 heteroatoms. The van der Waals surface area contributed by atoms with Crippen molar-refractivity contribution in [2.24, 2.45) is 5.92 Å². The number of unbranched alkanes of at least 4 members (excludes halogenated alkanes) is 1. The number of hydrogen-bond acceptors (Lipinski definition) is 1. The monoisotopic (exact) mass is 232 g/mol. The summed E-state index contributed by atoms with van der Waals surface area (Å²) in [5.74, 6) is 0.469. The number of benzene rings is 1. The molecule has 0 aliphatic heterocycles. The quantitative estimate of drug-likeness (QED) is 0.804. The van der Waals surface area contributed by atoms with Crippen LogP contribution in [0.4, 0.5) is 0 Å². The maximum Gasteiger partial charge on any atom is 0.0924 e. The van der Waals surface area contributed by atoms with E-state index in [0.717, 1.165) is 24.8 Å². The van der Waals surface area contributed by atoms with Gasteiger partial charge in [-0.1, -0.05) is 62.9 Å². The molecule has 0 spiro atoms. The summed E-state index contributed by atoms with van der Waals surface area (Å²) < 4.78 is 0. The van der Waals surface area contributed by atoms with Crippen molar-refractivity contribution in [3.8, 4) is 0 Å². The van der Waals surface area contributed by atoms with E-state index in [4.69, 9.17) is 0 Å². The minimum Gasteiger partial charge on any atom is -0.385 e. The highest BCUT2D eigenvalue weighted by Crippen LogP contribution is 2.43. The van der Waals surface area contributed by atoms with Crippen LogP contribution in [-0.4, -0.2) is 5.11 Å². The molecule has 1 fully saturated rings. The molecule has 0 amide bonds. The predicted octanol–water partition coefficient (Wildman–Crippen LogP) is 4.25. The van der Waals surface area contributed by atoms with Crippen LogP contribution >= 0.6 is 0 Å². The van der Waals surface area contributed by atoms with E-state index in [1.165, 1.54) is 25.7 Å². The first-order valence-corrected chi connectivity index (χ1v) is 7.05. The summed E-state index contributed by atoms with van der Waals surface area (Å²) in [6.45, 7) is 2.19. The Hall–Kier alpha value is -0.820. The highest BCUT2D eigenvalue weighted by molar-refractivity contribution is 5.23. The van der Waals surface area contributed by atoms with Crippen molar-refractivity contribution in [3.05, 3.63) is 35.9 Å². The normalized spacial score (nSPS) is 20.4. The van der Waals surface area contributed by atoms with Gasteiger partial charge in [-0.25, -0.2) is 0 Å². The average molecular weight is 232 g/mol. The number of hydrogen-bond donors (Lipinski definition) is 1. The van der Waals surface area contributed by atoms with E-state index in [1.807, 2.05) is 18.2 Å². The molecule has 0 radical (unpaired) electrons. The number of rotatable bonds is 5. The van der Waals surface area contributed by atoms with Crippen molar-refractivity contribution in [2.75, 3.05) is 0 Å². The Balaban J connectivity index is 2.22. The second-order valence-electron chi connectivity index (χ2n) is 5.38. The van der Waals surface area contributed by atoms with E-state index >= 15 is 0 Å². The zero-order chi connectivity index (χ0) is 12.1. The second-order valence-corrected chi connectivity index (χ2v) is 5.38. The molecule has 1 aliphatic carbocycles. The molecular formula is C16H24O. The zero-order valence-electron chi connectivity index (χ0n) is 10.9. The van der Waals surface area contributed by atoms with E-state index in [9.17, 15) is 5.11 Å². The van der Waals surface area contributed by atoms with Crippen LogP contribution in [0.2, 0.25) is 0 Å². The zero-order valence-corrected chi connectivity index (χ0v) is 10.9. The smallest absolute Gasteiger partial charge is 0.0924 e. The van der Waals surface area contributed by atoms with Gasteiger partial charge in [0.05, 0.1) is 5.60 Å². The van der Waals surface area contributed by atoms with Gasteiger partial charge >= 0.3 is 0 Å². The standard InChI is InChI=1S/C16H24O/c1-2-3-13-16(17,15-11-7-8-12-15)14-9-5-4-6-10-14/h4-6,9-10,15,17H,2-3,7-8,11-13H2,1H3. The summed E-state index contributed by atoms with van der Waals surface area (Å²) in [5, 5.41) is 11.1. The molecule has 2 rings (SSSR count). The molecule has 0 heterocycles. The lowest BCUT2D eigenvalue weighted by atomic mass is 9.77. The topological polar surface area (TPSA) is 20.2 Å². The average Bonchev–Trinajstić information content (AvgIpc) is 2.91. The van der Waals surface area contributed by atoms with Crippen molar-refractivity contribution in [3.63, 3.8) is 0 Å². The van der Waals surface area contributed by atoms with Gasteiger partial charge in [-0.2, -0.15) is 0 Å². The maximum atomic E-state index is 11.1. The fourth-order valence-corrected chi connectivity index (χ4v) is 3.16. The molecular weight excluding hydrogens is 208 g/mol. The Morgan fingerprint density at radius 3 is 2.41 bits per heavy atom. The Labute approximate surface area is 105 Å². The minimum absolute atomic E-state index is 0.469. The molecule has 1 unspecified atom stereocenters. The van der Waals surface area contributed by atoms with E-state index in [-0.39, 0.29) is 0 Å². The van der Waals surface area contributed by atoms with Crippen LogP contribution in [0, 0.1) is 5.92 Å². The van der Waals surface area contributed by atoms with E-state index < -0.39 is 5.60 Å². The molecule has 0 aromatic heterocycles. The molecule has 94 valence electrons. The molecule has 0 saturated heterocycles. The van der Waals surface area contributed by atoms with Crippen molar-refractivity contribution in [1.29, 1.82) is 0 Å². The first kappa shape index (κ1) is 12.6. The van der Waals surface area contributed by atoms with Crippen LogP contribution in [0.3, 0.4) is 0 Å². The van der Waals surface area contributed by atoms with Crippen LogP contribution < -0.4 is 0 Å². The molecule has 17 heavy (non-hydrogen) atoms. The maximum absolute atomic E-state index is 11.1. The van der Waals surface area contributed by atoms with E-state index in [2.05, 4.69) is 19.1 Å². The third-order valence-corrected chi connectivity index (χ3v) is 4.22. The van der Waals surface area contributed by atoms with Gasteiger partial charge in [-0.3, -0.25) is 0 Å². The minimum atomic E-state index is -0.576. The lowest BCUT2D eigenvalue weighted by Crippen LogP contribution is -2.33.